The highest BCUT2D eigenvalue weighted by atomic mass is 32.2. The van der Waals surface area contributed by atoms with Crippen molar-refractivity contribution >= 4 is 33.6 Å². The van der Waals surface area contributed by atoms with Crippen LogP contribution in [0, 0.1) is 10.1 Å². The van der Waals surface area contributed by atoms with Gasteiger partial charge in [-0.25, -0.2) is 9.78 Å². The second kappa shape index (κ2) is 7.18. The van der Waals surface area contributed by atoms with Gasteiger partial charge in [-0.3, -0.25) is 19.3 Å². The average Bonchev–Trinajstić information content (AvgIpc) is 3.09. The van der Waals surface area contributed by atoms with Crippen LogP contribution < -0.4 is 0 Å². The minimum absolute atomic E-state index is 0.0746. The Bertz CT molecular complexity index is 927. The Hall–Kier alpha value is -2.62. The van der Waals surface area contributed by atoms with Gasteiger partial charge in [0.2, 0.25) is 0 Å². The van der Waals surface area contributed by atoms with E-state index < -0.39 is 27.4 Å². The fourth-order valence-electron chi connectivity index (χ4n) is 2.76. The van der Waals surface area contributed by atoms with Crippen molar-refractivity contribution in [2.45, 2.75) is 43.1 Å². The molecule has 2 atom stereocenters. The molecule has 10 heteroatoms. The number of hydrogen-bond donors (Lipinski definition) is 0. The van der Waals surface area contributed by atoms with E-state index in [1.807, 2.05) is 0 Å². The van der Waals surface area contributed by atoms with Crippen LogP contribution in [0.5, 0.6) is 0 Å². The maximum Gasteiger partial charge on any atom is 0.410 e. The second-order valence-corrected chi connectivity index (χ2v) is 8.95. The minimum Gasteiger partial charge on any atom is -0.444 e. The molecule has 1 amide bonds. The van der Waals surface area contributed by atoms with E-state index in [9.17, 15) is 19.1 Å². The molecule has 0 bridgehead atoms. The normalized spacial score (nSPS) is 18.5. The van der Waals surface area contributed by atoms with Crippen molar-refractivity contribution in [3.05, 3.63) is 34.5 Å². The molecule has 1 aliphatic heterocycles. The summed E-state index contributed by atoms with van der Waals surface area (Å²) in [6, 6.07) is 4.15. The first kappa shape index (κ1) is 19.2. The van der Waals surface area contributed by atoms with Crippen molar-refractivity contribution in [2.75, 3.05) is 13.1 Å². The summed E-state index contributed by atoms with van der Waals surface area (Å²) >= 11 is 0. The third-order valence-corrected chi connectivity index (χ3v) is 5.62. The molecule has 9 nitrogen and oxygen atoms in total. The molecule has 1 fully saturated rings. The Morgan fingerprint density at radius 3 is 2.78 bits per heavy atom. The number of aromatic nitrogens is 2. The van der Waals surface area contributed by atoms with E-state index in [0.717, 1.165) is 0 Å². The molecular formula is C17H20N4O5S. The summed E-state index contributed by atoms with van der Waals surface area (Å²) in [5.74, 6) is 0. The van der Waals surface area contributed by atoms with Crippen molar-refractivity contribution in [1.29, 1.82) is 0 Å². The molecule has 1 aliphatic rings. The van der Waals surface area contributed by atoms with E-state index in [1.54, 1.807) is 25.7 Å². The molecule has 0 N–H and O–H groups in total. The van der Waals surface area contributed by atoms with E-state index in [1.165, 1.54) is 24.4 Å². The van der Waals surface area contributed by atoms with Gasteiger partial charge < -0.3 is 9.64 Å². The van der Waals surface area contributed by atoms with Gasteiger partial charge in [0.1, 0.15) is 10.6 Å². The number of nitro benzene ring substituents is 1. The van der Waals surface area contributed by atoms with Gasteiger partial charge in [-0.05, 0) is 33.3 Å². The zero-order chi connectivity index (χ0) is 19.8. The molecule has 27 heavy (non-hydrogen) atoms. The van der Waals surface area contributed by atoms with Crippen LogP contribution in [0.25, 0.3) is 11.0 Å². The molecule has 2 heterocycles. The van der Waals surface area contributed by atoms with Crippen LogP contribution in [0.15, 0.2) is 29.4 Å². The summed E-state index contributed by atoms with van der Waals surface area (Å²) in [6.45, 7) is 6.18. The Morgan fingerprint density at radius 2 is 2.11 bits per heavy atom. The number of benzene rings is 1. The van der Waals surface area contributed by atoms with Gasteiger partial charge in [-0.2, -0.15) is 0 Å². The molecular weight excluding hydrogens is 372 g/mol. The van der Waals surface area contributed by atoms with Crippen LogP contribution in [0.1, 0.15) is 27.2 Å². The molecule has 0 spiro atoms. The van der Waals surface area contributed by atoms with Crippen LogP contribution in [0.4, 0.5) is 10.5 Å². The van der Waals surface area contributed by atoms with Crippen molar-refractivity contribution in [2.24, 2.45) is 0 Å². The van der Waals surface area contributed by atoms with Gasteiger partial charge in [-0.1, -0.05) is 0 Å². The monoisotopic (exact) mass is 392 g/mol. The predicted octanol–water partition coefficient (Wildman–Crippen LogP) is 2.66. The molecule has 1 aromatic heterocycles. The van der Waals surface area contributed by atoms with E-state index in [2.05, 4.69) is 9.97 Å². The van der Waals surface area contributed by atoms with Crippen molar-refractivity contribution < 1.29 is 18.7 Å². The molecule has 0 unspecified atom stereocenters. The van der Waals surface area contributed by atoms with Gasteiger partial charge in [-0.15, -0.1) is 0 Å². The number of nitro groups is 1. The predicted molar refractivity (Wildman–Crippen MR) is 98.8 cm³/mol. The topological polar surface area (TPSA) is 116 Å². The number of carbonyl (C=O) groups is 1. The number of non-ortho nitro benzene ring substituents is 1. The van der Waals surface area contributed by atoms with Crippen molar-refractivity contribution in [3.8, 4) is 0 Å². The zero-order valence-corrected chi connectivity index (χ0v) is 16.1. The summed E-state index contributed by atoms with van der Waals surface area (Å²) in [7, 11) is -1.45. The third-order valence-electron chi connectivity index (χ3n) is 4.02. The quantitative estimate of drug-likeness (QED) is 0.582. The first-order valence-corrected chi connectivity index (χ1v) is 9.65. The first-order valence-electron chi connectivity index (χ1n) is 8.44. The molecule has 3 rings (SSSR count). The Morgan fingerprint density at radius 1 is 1.37 bits per heavy atom. The molecule has 0 radical (unpaired) electrons. The van der Waals surface area contributed by atoms with Crippen LogP contribution in [-0.2, 0) is 15.5 Å². The maximum atomic E-state index is 12.8. The highest BCUT2D eigenvalue weighted by Crippen LogP contribution is 2.23. The smallest absolute Gasteiger partial charge is 0.410 e. The van der Waals surface area contributed by atoms with E-state index in [-0.39, 0.29) is 10.9 Å². The maximum absolute atomic E-state index is 12.8. The van der Waals surface area contributed by atoms with Crippen LogP contribution in [-0.4, -0.2) is 54.0 Å². The lowest BCUT2D eigenvalue weighted by Crippen LogP contribution is -2.36. The number of fused-ring (bicyclic) bond motifs is 1. The van der Waals surface area contributed by atoms with E-state index >= 15 is 0 Å². The first-order chi connectivity index (χ1) is 12.6. The molecule has 1 saturated heterocycles. The number of ether oxygens (including phenoxy) is 1. The fourth-order valence-corrected chi connectivity index (χ4v) is 4.08. The fraction of sp³-hybridized carbons (Fsp3) is 0.471. The van der Waals surface area contributed by atoms with Gasteiger partial charge in [0.15, 0.2) is 0 Å². The minimum atomic E-state index is -1.45. The molecule has 0 aliphatic carbocycles. The van der Waals surface area contributed by atoms with Gasteiger partial charge >= 0.3 is 6.09 Å². The number of hydrogen-bond acceptors (Lipinski definition) is 7. The summed E-state index contributed by atoms with van der Waals surface area (Å²) in [6.07, 6.45) is 1.53. The van der Waals surface area contributed by atoms with Gasteiger partial charge in [0, 0.05) is 25.2 Å². The number of rotatable bonds is 3. The van der Waals surface area contributed by atoms with Crippen LogP contribution in [0.3, 0.4) is 0 Å². The molecule has 2 aromatic rings. The summed E-state index contributed by atoms with van der Waals surface area (Å²) in [5.41, 5.74) is 0.149. The Labute approximate surface area is 158 Å². The van der Waals surface area contributed by atoms with Crippen LogP contribution in [0.2, 0.25) is 0 Å². The number of carbonyl (C=O) groups excluding carboxylic acids is 1. The number of nitrogens with zero attached hydrogens (tertiary/aromatic N) is 4. The Balaban J connectivity index is 1.73. The lowest BCUT2D eigenvalue weighted by Gasteiger charge is -2.24. The van der Waals surface area contributed by atoms with E-state index in [0.29, 0.717) is 35.6 Å². The van der Waals surface area contributed by atoms with E-state index in [4.69, 9.17) is 4.74 Å². The largest absolute Gasteiger partial charge is 0.444 e. The third kappa shape index (κ3) is 4.38. The number of amides is 1. The lowest BCUT2D eigenvalue weighted by atomic mass is 10.2. The highest BCUT2D eigenvalue weighted by molar-refractivity contribution is 7.85. The van der Waals surface area contributed by atoms with Crippen molar-refractivity contribution in [1.82, 2.24) is 14.9 Å². The summed E-state index contributed by atoms with van der Waals surface area (Å²) in [4.78, 5) is 32.5. The number of likely N-dealkylation sites (tertiary alicyclic amines) is 1. The zero-order valence-electron chi connectivity index (χ0n) is 15.2. The standard InChI is InChI=1S/C17H20N4O5S/c1-17(2,3)26-16(22)20-7-6-12(10-20)27(25)15-9-18-14-8-11(21(23)24)4-5-13(14)19-15/h4-5,8-9,12H,6-7,10H2,1-3H3/t12-,27-/m1/s1. The van der Waals surface area contributed by atoms with Gasteiger partial charge in [0.05, 0.1) is 38.2 Å². The SMILES string of the molecule is CC(C)(C)OC(=O)N1CC[C@@H]([S@@](=O)c2cnc3cc([N+](=O)[O-])ccc3n2)C1. The van der Waals surface area contributed by atoms with Crippen LogP contribution >= 0.6 is 0 Å². The average molecular weight is 392 g/mol. The Kier molecular flexibility index (Phi) is 5.09. The second-order valence-electron chi connectivity index (χ2n) is 7.27. The lowest BCUT2D eigenvalue weighted by molar-refractivity contribution is -0.384. The highest BCUT2D eigenvalue weighted by Gasteiger charge is 2.33. The molecule has 1 aromatic carbocycles. The molecule has 0 saturated carbocycles. The summed E-state index contributed by atoms with van der Waals surface area (Å²) < 4.78 is 18.2. The summed E-state index contributed by atoms with van der Waals surface area (Å²) in [5, 5.41) is 10.9. The van der Waals surface area contributed by atoms with Crippen molar-refractivity contribution in [3.63, 3.8) is 0 Å². The molecule has 144 valence electrons. The van der Waals surface area contributed by atoms with Gasteiger partial charge in [0.25, 0.3) is 5.69 Å².